The Morgan fingerprint density at radius 1 is 0.429 bits per heavy atom. The third-order valence-electron chi connectivity index (χ3n) is 9.70. The fourth-order valence-electron chi connectivity index (χ4n) is 7.12. The quantitative estimate of drug-likeness (QED) is 0.184. The summed E-state index contributed by atoms with van der Waals surface area (Å²) in [5, 5.41) is 16.6. The Labute approximate surface area is 288 Å². The van der Waals surface area contributed by atoms with Gasteiger partial charge in [0.15, 0.2) is 0 Å². The maximum atomic E-state index is 9.24. The lowest BCUT2D eigenvalue weighted by Gasteiger charge is -2.21. The van der Waals surface area contributed by atoms with Gasteiger partial charge in [-0.2, -0.15) is 5.26 Å². The Morgan fingerprint density at radius 3 is 1.53 bits per heavy atom. The number of rotatable bonds is 7. The molecule has 234 valence electrons. The number of hydrogen-bond acceptors (Lipinski definition) is 3. The van der Waals surface area contributed by atoms with Crippen LogP contribution in [0.15, 0.2) is 164 Å². The molecule has 0 fully saturated rings. The summed E-state index contributed by atoms with van der Waals surface area (Å²) in [6.07, 6.45) is 0. The highest BCUT2D eigenvalue weighted by molar-refractivity contribution is 5.90. The second-order valence-corrected chi connectivity index (χ2v) is 13.1. The molecule has 49 heavy (non-hydrogen) atoms. The van der Waals surface area contributed by atoms with Crippen molar-refractivity contribution < 1.29 is 0 Å². The van der Waals surface area contributed by atoms with Gasteiger partial charge in [-0.3, -0.25) is 0 Å². The molecule has 0 spiro atoms. The zero-order valence-corrected chi connectivity index (χ0v) is 27.5. The predicted molar refractivity (Wildman–Crippen MR) is 204 cm³/mol. The summed E-state index contributed by atoms with van der Waals surface area (Å²) >= 11 is 0. The van der Waals surface area contributed by atoms with Crippen LogP contribution in [0.2, 0.25) is 0 Å². The molecular weight excluding hydrogens is 595 g/mol. The first kappa shape index (κ1) is 30.0. The van der Waals surface area contributed by atoms with Crippen molar-refractivity contribution in [2.75, 3.05) is 10.6 Å². The molecule has 0 saturated carbocycles. The zero-order chi connectivity index (χ0) is 33.4. The van der Waals surface area contributed by atoms with Crippen LogP contribution in [0.5, 0.6) is 0 Å². The molecule has 0 amide bonds. The highest BCUT2D eigenvalue weighted by Gasteiger charge is 2.35. The van der Waals surface area contributed by atoms with E-state index in [1.807, 2.05) is 30.3 Å². The van der Waals surface area contributed by atoms with Crippen LogP contribution in [0.3, 0.4) is 0 Å². The molecule has 3 nitrogen and oxygen atoms in total. The average molecular weight is 630 g/mol. The van der Waals surface area contributed by atoms with E-state index in [4.69, 9.17) is 0 Å². The molecule has 3 heteroatoms. The first-order chi connectivity index (χ1) is 24.0. The van der Waals surface area contributed by atoms with Gasteiger partial charge in [-0.1, -0.05) is 117 Å². The molecule has 0 saturated heterocycles. The molecular formula is C46H35N3. The van der Waals surface area contributed by atoms with E-state index < -0.39 is 0 Å². The lowest BCUT2D eigenvalue weighted by molar-refractivity contribution is 0.660. The molecule has 2 N–H and O–H groups in total. The van der Waals surface area contributed by atoms with Gasteiger partial charge in [0.2, 0.25) is 0 Å². The molecule has 0 bridgehead atoms. The van der Waals surface area contributed by atoms with Crippen molar-refractivity contribution in [3.05, 3.63) is 180 Å². The van der Waals surface area contributed by atoms with Crippen LogP contribution >= 0.6 is 0 Å². The third-order valence-corrected chi connectivity index (χ3v) is 9.70. The van der Waals surface area contributed by atoms with Crippen molar-refractivity contribution in [2.24, 2.45) is 0 Å². The van der Waals surface area contributed by atoms with Gasteiger partial charge in [-0.25, -0.2) is 0 Å². The largest absolute Gasteiger partial charge is 0.355 e. The maximum absolute atomic E-state index is 9.24. The molecule has 1 aliphatic rings. The van der Waals surface area contributed by atoms with Gasteiger partial charge < -0.3 is 10.6 Å². The smallest absolute Gasteiger partial charge is 0.0991 e. The number of hydrogen-bond donors (Lipinski definition) is 2. The van der Waals surface area contributed by atoms with Crippen LogP contribution in [-0.4, -0.2) is 0 Å². The molecule has 8 rings (SSSR count). The summed E-state index contributed by atoms with van der Waals surface area (Å²) in [5.41, 5.74) is 16.8. The van der Waals surface area contributed by atoms with Gasteiger partial charge in [0, 0.05) is 39.3 Å². The van der Waals surface area contributed by atoms with Gasteiger partial charge in [-0.05, 0) is 105 Å². The number of nitrogens with one attached hydrogen (secondary N) is 2. The summed E-state index contributed by atoms with van der Waals surface area (Å²) < 4.78 is 0. The van der Waals surface area contributed by atoms with Gasteiger partial charge in [0.1, 0.15) is 0 Å². The van der Waals surface area contributed by atoms with Crippen molar-refractivity contribution in [2.45, 2.75) is 19.3 Å². The predicted octanol–water partition coefficient (Wildman–Crippen LogP) is 12.4. The van der Waals surface area contributed by atoms with E-state index >= 15 is 0 Å². The van der Waals surface area contributed by atoms with E-state index in [0.29, 0.717) is 5.56 Å². The molecule has 0 aliphatic heterocycles. The van der Waals surface area contributed by atoms with Crippen LogP contribution in [0.25, 0.3) is 44.5 Å². The molecule has 0 aromatic heterocycles. The molecule has 0 atom stereocenters. The van der Waals surface area contributed by atoms with Crippen molar-refractivity contribution in [1.82, 2.24) is 0 Å². The number of nitriles is 1. The summed E-state index contributed by atoms with van der Waals surface area (Å²) in [6, 6.07) is 59.7. The van der Waals surface area contributed by atoms with Crippen LogP contribution in [0, 0.1) is 11.3 Å². The average Bonchev–Trinajstić information content (AvgIpc) is 3.38. The molecule has 0 radical (unpaired) electrons. The SMILES string of the molecule is CC1(C)c2ccccc2-c2cc(Nc3ccc(-c4ccc(Nc5ccc(C#N)cc5)c(-c5ccccc5)c4)cc3-c3ccccc3)ccc21. The van der Waals surface area contributed by atoms with Gasteiger partial charge >= 0.3 is 0 Å². The maximum Gasteiger partial charge on any atom is 0.0991 e. The lowest BCUT2D eigenvalue weighted by atomic mass is 9.82. The first-order valence-corrected chi connectivity index (χ1v) is 16.7. The second-order valence-electron chi connectivity index (χ2n) is 13.1. The summed E-state index contributed by atoms with van der Waals surface area (Å²) in [6.45, 7) is 4.63. The van der Waals surface area contributed by atoms with E-state index in [2.05, 4.69) is 164 Å². The topological polar surface area (TPSA) is 47.8 Å². The summed E-state index contributed by atoms with van der Waals surface area (Å²) in [5.74, 6) is 0. The minimum atomic E-state index is -0.0208. The van der Waals surface area contributed by atoms with Crippen LogP contribution < -0.4 is 10.6 Å². The Balaban J connectivity index is 1.18. The number of nitrogens with zero attached hydrogens (tertiary/aromatic N) is 1. The fraction of sp³-hybridized carbons (Fsp3) is 0.0652. The molecule has 0 unspecified atom stereocenters. The highest BCUT2D eigenvalue weighted by atomic mass is 14.9. The Morgan fingerprint density at radius 2 is 0.939 bits per heavy atom. The van der Waals surface area contributed by atoms with Crippen molar-refractivity contribution >= 4 is 22.7 Å². The highest BCUT2D eigenvalue weighted by Crippen LogP contribution is 2.49. The van der Waals surface area contributed by atoms with E-state index in [0.717, 1.165) is 56.1 Å². The van der Waals surface area contributed by atoms with Crippen molar-refractivity contribution in [3.63, 3.8) is 0 Å². The van der Waals surface area contributed by atoms with E-state index in [-0.39, 0.29) is 5.41 Å². The van der Waals surface area contributed by atoms with Crippen molar-refractivity contribution in [3.8, 4) is 50.6 Å². The number of benzene rings is 7. The standard InChI is InChI=1S/C46H35N3/c1-46(2)42-16-10-9-15-38(42)41-29-37(23-24-43(41)46)49-45-26-20-35(28-40(45)33-13-7-4-8-14-33)34-19-25-44(39(27-34)32-11-5-3-6-12-32)48-36-21-17-31(30-47)18-22-36/h3-29,48-49H,1-2H3. The van der Waals surface area contributed by atoms with Gasteiger partial charge in [0.25, 0.3) is 0 Å². The van der Waals surface area contributed by atoms with E-state index in [1.54, 1.807) is 0 Å². The van der Waals surface area contributed by atoms with Gasteiger partial charge in [0.05, 0.1) is 11.6 Å². The zero-order valence-electron chi connectivity index (χ0n) is 27.5. The Hall–Kier alpha value is -6.37. The van der Waals surface area contributed by atoms with E-state index in [9.17, 15) is 5.26 Å². The molecule has 0 heterocycles. The number of anilines is 4. The normalized spacial score (nSPS) is 12.4. The minimum absolute atomic E-state index is 0.0208. The van der Waals surface area contributed by atoms with Gasteiger partial charge in [-0.15, -0.1) is 0 Å². The molecule has 7 aromatic rings. The summed E-state index contributed by atoms with van der Waals surface area (Å²) in [7, 11) is 0. The molecule has 1 aliphatic carbocycles. The van der Waals surface area contributed by atoms with Crippen LogP contribution in [0.1, 0.15) is 30.5 Å². The molecule has 7 aromatic carbocycles. The van der Waals surface area contributed by atoms with Crippen molar-refractivity contribution in [1.29, 1.82) is 5.26 Å². The summed E-state index contributed by atoms with van der Waals surface area (Å²) in [4.78, 5) is 0. The Kier molecular flexibility index (Phi) is 7.55. The fourth-order valence-corrected chi connectivity index (χ4v) is 7.12. The van der Waals surface area contributed by atoms with Crippen LogP contribution in [-0.2, 0) is 5.41 Å². The second kappa shape index (κ2) is 12.3. The van der Waals surface area contributed by atoms with Crippen LogP contribution in [0.4, 0.5) is 22.7 Å². The van der Waals surface area contributed by atoms with E-state index in [1.165, 1.54) is 22.3 Å². The third kappa shape index (κ3) is 5.64. The lowest BCUT2D eigenvalue weighted by Crippen LogP contribution is -2.14. The Bertz CT molecular complexity index is 2350. The minimum Gasteiger partial charge on any atom is -0.355 e. The monoisotopic (exact) mass is 629 g/mol. The number of fused-ring (bicyclic) bond motifs is 3. The first-order valence-electron chi connectivity index (χ1n) is 16.7.